The number of amides is 2. The molecule has 10 heteroatoms. The molecule has 2 aromatic rings. The highest BCUT2D eigenvalue weighted by molar-refractivity contribution is 8.03. The third-order valence-corrected chi connectivity index (χ3v) is 6.76. The van der Waals surface area contributed by atoms with Crippen molar-refractivity contribution in [2.75, 3.05) is 24.8 Å². The van der Waals surface area contributed by atoms with Gasteiger partial charge in [0.2, 0.25) is 11.8 Å². The summed E-state index contributed by atoms with van der Waals surface area (Å²) in [6.07, 6.45) is 0. The number of nitrogens with one attached hydrogen (secondary N) is 2. The van der Waals surface area contributed by atoms with Gasteiger partial charge in [-0.05, 0) is 61.7 Å². The first kappa shape index (κ1) is 27.1. The number of hydrogen-bond donors (Lipinski definition) is 2. The van der Waals surface area contributed by atoms with Crippen LogP contribution in [-0.2, 0) is 19.1 Å². The Morgan fingerprint density at radius 1 is 1.19 bits per heavy atom. The number of thioether (sulfide) groups is 1. The smallest absolute Gasteiger partial charge is 0.319 e. The van der Waals surface area contributed by atoms with Gasteiger partial charge >= 0.3 is 5.97 Å². The van der Waals surface area contributed by atoms with Crippen molar-refractivity contribution in [1.29, 1.82) is 5.26 Å². The minimum atomic E-state index is -1.30. The van der Waals surface area contributed by atoms with Gasteiger partial charge in [0.1, 0.15) is 11.7 Å². The molecule has 2 N–H and O–H groups in total. The van der Waals surface area contributed by atoms with Crippen molar-refractivity contribution >= 4 is 46.8 Å². The van der Waals surface area contributed by atoms with Crippen LogP contribution in [0.4, 0.5) is 5.69 Å². The van der Waals surface area contributed by atoms with E-state index >= 15 is 0 Å². The Hall–Kier alpha value is -3.48. The molecule has 0 aromatic heterocycles. The summed E-state index contributed by atoms with van der Waals surface area (Å²) >= 11 is 7.36. The normalized spacial score (nSPS) is 17.2. The van der Waals surface area contributed by atoms with Crippen molar-refractivity contribution in [3.05, 3.63) is 68.7 Å². The van der Waals surface area contributed by atoms with Crippen molar-refractivity contribution in [3.8, 4) is 11.8 Å². The maximum atomic E-state index is 13.0. The first-order chi connectivity index (χ1) is 17.2. The lowest BCUT2D eigenvalue weighted by atomic mass is 9.78. The molecule has 0 spiro atoms. The van der Waals surface area contributed by atoms with Gasteiger partial charge < -0.3 is 20.1 Å². The number of halogens is 1. The summed E-state index contributed by atoms with van der Waals surface area (Å²) in [4.78, 5) is 38.2. The number of carbonyl (C=O) groups excluding carboxylic acids is 3. The molecule has 36 heavy (non-hydrogen) atoms. The number of rotatable bonds is 8. The quantitative estimate of drug-likeness (QED) is 0.384. The van der Waals surface area contributed by atoms with E-state index in [1.165, 1.54) is 7.11 Å². The van der Waals surface area contributed by atoms with Crippen LogP contribution in [0.15, 0.2) is 47.0 Å². The molecule has 0 aliphatic carbocycles. The van der Waals surface area contributed by atoms with Gasteiger partial charge in [0, 0.05) is 11.6 Å². The van der Waals surface area contributed by atoms with Gasteiger partial charge in [0.15, 0.2) is 0 Å². The molecular weight excluding hydrogens is 502 g/mol. The highest BCUT2D eigenvalue weighted by Crippen LogP contribution is 2.42. The van der Waals surface area contributed by atoms with Crippen LogP contribution in [0, 0.1) is 31.1 Å². The number of anilines is 1. The second kappa shape index (κ2) is 12.0. The van der Waals surface area contributed by atoms with Gasteiger partial charge in [0.05, 0.1) is 41.2 Å². The van der Waals surface area contributed by atoms with Gasteiger partial charge in [-0.2, -0.15) is 5.26 Å². The number of aryl methyl sites for hydroxylation is 2. The number of esters is 1. The van der Waals surface area contributed by atoms with Gasteiger partial charge in [-0.3, -0.25) is 14.4 Å². The topological polar surface area (TPSA) is 118 Å². The average molecular weight is 528 g/mol. The number of carbonyl (C=O) groups is 3. The molecule has 2 amide bonds. The monoisotopic (exact) mass is 527 g/mol. The number of ether oxygens (including phenoxy) is 2. The molecule has 0 saturated carbocycles. The van der Waals surface area contributed by atoms with E-state index in [1.54, 1.807) is 18.2 Å². The molecule has 1 aliphatic heterocycles. The molecule has 2 aromatic carbocycles. The van der Waals surface area contributed by atoms with Gasteiger partial charge in [-0.1, -0.05) is 35.5 Å². The second-order valence-electron chi connectivity index (χ2n) is 8.16. The van der Waals surface area contributed by atoms with Crippen molar-refractivity contribution in [2.24, 2.45) is 5.92 Å². The van der Waals surface area contributed by atoms with Crippen LogP contribution in [0.5, 0.6) is 5.75 Å². The van der Waals surface area contributed by atoms with Crippen LogP contribution in [0.1, 0.15) is 29.5 Å². The fourth-order valence-electron chi connectivity index (χ4n) is 4.04. The summed E-state index contributed by atoms with van der Waals surface area (Å²) in [6.45, 7) is 6.09. The number of hydrogen-bond acceptors (Lipinski definition) is 7. The van der Waals surface area contributed by atoms with Crippen molar-refractivity contribution in [3.63, 3.8) is 0 Å². The number of nitrogens with zero attached hydrogens (tertiary/aromatic N) is 1. The Bertz CT molecular complexity index is 1250. The van der Waals surface area contributed by atoms with E-state index in [2.05, 4.69) is 16.7 Å². The predicted octanol–water partition coefficient (Wildman–Crippen LogP) is 4.47. The summed E-state index contributed by atoms with van der Waals surface area (Å²) < 4.78 is 10.3. The average Bonchev–Trinajstić information content (AvgIpc) is 2.82. The minimum Gasteiger partial charge on any atom is -0.492 e. The van der Waals surface area contributed by atoms with Crippen LogP contribution in [0.3, 0.4) is 0 Å². The van der Waals surface area contributed by atoms with Gasteiger partial charge in [-0.25, -0.2) is 0 Å². The Kier molecular flexibility index (Phi) is 9.02. The number of nitriles is 1. The highest BCUT2D eigenvalue weighted by Gasteiger charge is 2.44. The SMILES string of the molecule is CCOc1ccc([C@H]2C(C#N)=C(SCC(=O)Nc3cc(C)cc(C)c3)NC(=O)[C@@H]2C(=O)OC)cc1Cl. The lowest BCUT2D eigenvalue weighted by molar-refractivity contribution is -0.150. The molecule has 188 valence electrons. The molecule has 3 rings (SSSR count). The van der Waals surface area contributed by atoms with Crippen molar-refractivity contribution < 1.29 is 23.9 Å². The van der Waals surface area contributed by atoms with Crippen LogP contribution in [-0.4, -0.2) is 37.3 Å². The summed E-state index contributed by atoms with van der Waals surface area (Å²) in [6, 6.07) is 12.7. The van der Waals surface area contributed by atoms with E-state index in [-0.39, 0.29) is 27.3 Å². The van der Waals surface area contributed by atoms with E-state index in [0.29, 0.717) is 23.6 Å². The molecule has 0 bridgehead atoms. The number of methoxy groups -OCH3 is 1. The van der Waals surface area contributed by atoms with Gasteiger partial charge in [0.25, 0.3) is 0 Å². The highest BCUT2D eigenvalue weighted by atomic mass is 35.5. The zero-order valence-electron chi connectivity index (χ0n) is 20.3. The summed E-state index contributed by atoms with van der Waals surface area (Å²) in [5.41, 5.74) is 3.29. The fourth-order valence-corrected chi connectivity index (χ4v) is 5.14. The zero-order chi connectivity index (χ0) is 26.4. The van der Waals surface area contributed by atoms with Crippen LogP contribution in [0.2, 0.25) is 5.02 Å². The molecule has 8 nitrogen and oxygen atoms in total. The maximum Gasteiger partial charge on any atom is 0.319 e. The molecule has 1 aliphatic rings. The van der Waals surface area contributed by atoms with E-state index < -0.39 is 23.7 Å². The summed E-state index contributed by atoms with van der Waals surface area (Å²) in [7, 11) is 1.18. The third kappa shape index (κ3) is 6.20. The van der Waals surface area contributed by atoms with Gasteiger partial charge in [-0.15, -0.1) is 0 Å². The molecular formula is C26H26ClN3O5S. The fraction of sp³-hybridized carbons (Fsp3) is 0.308. The lowest BCUT2D eigenvalue weighted by Crippen LogP contribution is -2.44. The molecule has 2 atom stereocenters. The standard InChI is InChI=1S/C26H26ClN3O5S/c1-5-35-20-7-6-16(11-19(20)27)22-18(12-28)25(30-24(32)23(22)26(33)34-4)36-13-21(31)29-17-9-14(2)8-15(3)10-17/h6-11,22-23H,5,13H2,1-4H3,(H,29,31)(H,30,32)/t22-,23+/m0/s1. The van der Waals surface area contributed by atoms with Crippen LogP contribution >= 0.6 is 23.4 Å². The Labute approximate surface area is 219 Å². The number of benzene rings is 2. The summed E-state index contributed by atoms with van der Waals surface area (Å²) in [5, 5.41) is 16.0. The van der Waals surface area contributed by atoms with Crippen molar-refractivity contribution in [1.82, 2.24) is 5.32 Å². The van der Waals surface area contributed by atoms with E-state index in [4.69, 9.17) is 21.1 Å². The van der Waals surface area contributed by atoms with E-state index in [1.807, 2.05) is 39.0 Å². The summed E-state index contributed by atoms with van der Waals surface area (Å²) in [5.74, 6) is -3.59. The Morgan fingerprint density at radius 2 is 1.89 bits per heavy atom. The van der Waals surface area contributed by atoms with E-state index in [9.17, 15) is 19.6 Å². The Balaban J connectivity index is 1.92. The third-order valence-electron chi connectivity index (χ3n) is 5.45. The molecule has 0 radical (unpaired) electrons. The lowest BCUT2D eigenvalue weighted by Gasteiger charge is -2.31. The second-order valence-corrected chi connectivity index (χ2v) is 9.55. The van der Waals surface area contributed by atoms with Crippen LogP contribution < -0.4 is 15.4 Å². The minimum absolute atomic E-state index is 0.0621. The largest absolute Gasteiger partial charge is 0.492 e. The first-order valence-corrected chi connectivity index (χ1v) is 12.5. The van der Waals surface area contributed by atoms with E-state index in [0.717, 1.165) is 22.9 Å². The maximum absolute atomic E-state index is 13.0. The predicted molar refractivity (Wildman–Crippen MR) is 139 cm³/mol. The first-order valence-electron chi connectivity index (χ1n) is 11.1. The number of allylic oxidation sites excluding steroid dienone is 1. The molecule has 0 saturated heterocycles. The molecule has 0 fully saturated rings. The molecule has 0 unspecified atom stereocenters. The zero-order valence-corrected chi connectivity index (χ0v) is 21.9. The Morgan fingerprint density at radius 3 is 2.47 bits per heavy atom. The molecule has 1 heterocycles. The van der Waals surface area contributed by atoms with Crippen molar-refractivity contribution in [2.45, 2.75) is 26.7 Å². The van der Waals surface area contributed by atoms with Crippen LogP contribution in [0.25, 0.3) is 0 Å².